The molecular formula is C50H85KO7S. The quantitative estimate of drug-likeness (QED) is 0.0212. The van der Waals surface area contributed by atoms with Gasteiger partial charge in [0.15, 0.2) is 0 Å². The number of rotatable bonds is 41. The summed E-state index contributed by atoms with van der Waals surface area (Å²) in [7, 11) is -4.83. The second-order valence-electron chi connectivity index (χ2n) is 16.4. The first-order chi connectivity index (χ1) is 28.3. The average Bonchev–Trinajstić information content (AvgIpc) is 3.21. The van der Waals surface area contributed by atoms with Gasteiger partial charge < -0.3 is 14.0 Å². The van der Waals surface area contributed by atoms with E-state index in [0.717, 1.165) is 43.9 Å². The summed E-state index contributed by atoms with van der Waals surface area (Å²) in [6.45, 7) is 4.73. The van der Waals surface area contributed by atoms with Gasteiger partial charge in [0.2, 0.25) is 0 Å². The van der Waals surface area contributed by atoms with Crippen molar-refractivity contribution in [1.29, 1.82) is 0 Å². The van der Waals surface area contributed by atoms with E-state index in [-0.39, 0.29) is 75.7 Å². The molecule has 0 atom stereocenters. The zero-order chi connectivity index (χ0) is 42.2. The van der Waals surface area contributed by atoms with Crippen molar-refractivity contribution in [2.75, 3.05) is 13.2 Å². The average molecular weight is 869 g/mol. The van der Waals surface area contributed by atoms with Gasteiger partial charge in [-0.2, -0.15) is 0 Å². The largest absolute Gasteiger partial charge is 1.00 e. The normalized spacial score (nSPS) is 11.7. The minimum atomic E-state index is -4.83. The van der Waals surface area contributed by atoms with Crippen LogP contribution in [0, 0.1) is 0 Å². The maximum Gasteiger partial charge on any atom is 1.00 e. The van der Waals surface area contributed by atoms with Crippen molar-refractivity contribution in [1.82, 2.24) is 0 Å². The van der Waals surface area contributed by atoms with Crippen molar-refractivity contribution in [3.63, 3.8) is 0 Å². The second kappa shape index (κ2) is 42.5. The number of carbonyl (C=O) groups is 2. The summed E-state index contributed by atoms with van der Waals surface area (Å²) < 4.78 is 45.7. The molecular weight excluding hydrogens is 784 g/mol. The molecule has 59 heavy (non-hydrogen) atoms. The molecule has 0 unspecified atom stereocenters. The molecule has 0 bridgehead atoms. The van der Waals surface area contributed by atoms with Gasteiger partial charge in [-0.1, -0.05) is 218 Å². The van der Waals surface area contributed by atoms with E-state index in [1.165, 1.54) is 180 Å². The number of carbonyl (C=O) groups excluding carboxylic acids is 2. The number of allylic oxidation sites excluding steroid dienone is 2. The Hall–Kier alpha value is -0.814. The topological polar surface area (TPSA) is 110 Å². The van der Waals surface area contributed by atoms with E-state index in [4.69, 9.17) is 9.47 Å². The third kappa shape index (κ3) is 35.4. The first-order valence-corrected chi connectivity index (χ1v) is 25.5. The Morgan fingerprint density at radius 2 is 0.746 bits per heavy atom. The molecule has 0 amide bonds. The molecule has 0 spiro atoms. The van der Waals surface area contributed by atoms with E-state index < -0.39 is 27.0 Å². The molecule has 1 rings (SSSR count). The molecule has 0 saturated carbocycles. The smallest absolute Gasteiger partial charge is 0.744 e. The van der Waals surface area contributed by atoms with Crippen molar-refractivity contribution in [2.24, 2.45) is 0 Å². The minimum Gasteiger partial charge on any atom is -0.744 e. The van der Waals surface area contributed by atoms with Gasteiger partial charge in [0.1, 0.15) is 10.1 Å². The van der Waals surface area contributed by atoms with Gasteiger partial charge in [-0.05, 0) is 56.7 Å². The van der Waals surface area contributed by atoms with Gasteiger partial charge in [0, 0.05) is 0 Å². The third-order valence-electron chi connectivity index (χ3n) is 11.0. The van der Waals surface area contributed by atoms with Crippen LogP contribution in [0.5, 0.6) is 0 Å². The van der Waals surface area contributed by atoms with Crippen LogP contribution in [-0.4, -0.2) is 38.1 Å². The third-order valence-corrected chi connectivity index (χ3v) is 11.9. The predicted octanol–water partition coefficient (Wildman–Crippen LogP) is 12.3. The molecule has 0 aliphatic heterocycles. The second-order valence-corrected chi connectivity index (χ2v) is 17.8. The van der Waals surface area contributed by atoms with Gasteiger partial charge >= 0.3 is 63.3 Å². The molecule has 0 heterocycles. The van der Waals surface area contributed by atoms with Crippen LogP contribution in [0.4, 0.5) is 0 Å². The number of hydrogen-bond acceptors (Lipinski definition) is 7. The molecule has 0 radical (unpaired) electrons. The zero-order valence-corrected chi connectivity index (χ0v) is 42.2. The molecule has 1 aromatic rings. The van der Waals surface area contributed by atoms with E-state index in [1.54, 1.807) is 0 Å². The number of ether oxygens (including phenoxy) is 2. The number of unbranched alkanes of at least 4 members (excludes halogenated alkanes) is 30. The van der Waals surface area contributed by atoms with Gasteiger partial charge in [-0.25, -0.2) is 18.0 Å². The summed E-state index contributed by atoms with van der Waals surface area (Å²) in [5, 5.41) is 0. The van der Waals surface area contributed by atoms with Crippen molar-refractivity contribution in [3.8, 4) is 0 Å². The Balaban J connectivity index is 0.0000336. The standard InChI is InChI=1S/C50H86O7S.K/c1-3-5-7-9-11-13-15-17-19-21-23-25-27-29-31-33-35-37-39-43-56-49(51)47-42-41-46(58(53,54)55)45-48(47)50(52)57-44-40-38-36-34-32-30-28-26-24-22-20-18-16-14-12-10-8-6-4-2;/h35-38,41-42,45H,3-34,39-40,43-44H2,1-2H3,(H,53,54,55);/q;+1/p-1/b37-35+,38-36+;. The predicted molar refractivity (Wildman–Crippen MR) is 242 cm³/mol. The van der Waals surface area contributed by atoms with Crippen LogP contribution in [0.15, 0.2) is 47.4 Å². The summed E-state index contributed by atoms with van der Waals surface area (Å²) in [4.78, 5) is 25.2. The van der Waals surface area contributed by atoms with Crippen LogP contribution in [0.1, 0.15) is 253 Å². The number of hydrogen-bond donors (Lipinski definition) is 0. The van der Waals surface area contributed by atoms with Crippen LogP contribution in [0.25, 0.3) is 0 Å². The zero-order valence-electron chi connectivity index (χ0n) is 38.3. The molecule has 0 fully saturated rings. The number of benzene rings is 1. The summed E-state index contributed by atoms with van der Waals surface area (Å²) in [5.74, 6) is -1.63. The Morgan fingerprint density at radius 1 is 0.458 bits per heavy atom. The van der Waals surface area contributed by atoms with Crippen LogP contribution in [-0.2, 0) is 19.6 Å². The van der Waals surface area contributed by atoms with E-state index in [0.29, 0.717) is 12.8 Å². The molecule has 334 valence electrons. The fourth-order valence-electron chi connectivity index (χ4n) is 7.36. The van der Waals surface area contributed by atoms with E-state index in [1.807, 2.05) is 12.2 Å². The molecule has 0 aliphatic carbocycles. The minimum absolute atomic E-state index is 0. The van der Waals surface area contributed by atoms with Crippen molar-refractivity contribution < 1.29 is 83.4 Å². The molecule has 0 aliphatic rings. The maximum atomic E-state index is 12.9. The fourth-order valence-corrected chi connectivity index (χ4v) is 7.86. The van der Waals surface area contributed by atoms with Crippen LogP contribution in [0.3, 0.4) is 0 Å². The van der Waals surface area contributed by atoms with Crippen LogP contribution < -0.4 is 51.4 Å². The molecule has 9 heteroatoms. The maximum absolute atomic E-state index is 12.9. The van der Waals surface area contributed by atoms with Gasteiger partial charge in [0.05, 0.1) is 29.2 Å². The monoisotopic (exact) mass is 869 g/mol. The Labute approximate surface area is 405 Å². The number of esters is 2. The van der Waals surface area contributed by atoms with E-state index >= 15 is 0 Å². The first-order valence-electron chi connectivity index (χ1n) is 24.0. The molecule has 0 aromatic heterocycles. The fraction of sp³-hybridized carbons (Fsp3) is 0.760. The van der Waals surface area contributed by atoms with Crippen LogP contribution in [0.2, 0.25) is 0 Å². The SMILES string of the molecule is CCCCCCCCCCCCCCCCC/C=C/CCOC(=O)c1ccc(S(=O)(=O)[O-])cc1C(=O)OCC/C=C/CCCCCCCCCCCCCCCCC.[K+]. The van der Waals surface area contributed by atoms with Gasteiger partial charge in [-0.15, -0.1) is 0 Å². The molecule has 0 N–H and O–H groups in total. The van der Waals surface area contributed by atoms with Crippen molar-refractivity contribution in [3.05, 3.63) is 53.6 Å². The van der Waals surface area contributed by atoms with Gasteiger partial charge in [0.25, 0.3) is 0 Å². The first kappa shape index (κ1) is 58.2. The Bertz CT molecular complexity index is 1310. The summed E-state index contributed by atoms with van der Waals surface area (Å²) in [5.41, 5.74) is -0.407. The van der Waals surface area contributed by atoms with E-state index in [2.05, 4.69) is 26.0 Å². The summed E-state index contributed by atoms with van der Waals surface area (Å²) >= 11 is 0. The molecule has 0 saturated heterocycles. The van der Waals surface area contributed by atoms with Crippen molar-refractivity contribution >= 4 is 22.1 Å². The molecule has 7 nitrogen and oxygen atoms in total. The molecule has 1 aromatic carbocycles. The van der Waals surface area contributed by atoms with Crippen molar-refractivity contribution in [2.45, 2.75) is 237 Å². The van der Waals surface area contributed by atoms with E-state index in [9.17, 15) is 22.6 Å². The van der Waals surface area contributed by atoms with Gasteiger partial charge in [-0.3, -0.25) is 0 Å². The Morgan fingerprint density at radius 3 is 1.07 bits per heavy atom. The summed E-state index contributed by atoms with van der Waals surface area (Å²) in [6, 6.07) is 3.08. The Kier molecular flexibility index (Phi) is 41.9. The summed E-state index contributed by atoms with van der Waals surface area (Å²) in [6.07, 6.45) is 51.3. The van der Waals surface area contributed by atoms with Crippen LogP contribution >= 0.6 is 0 Å².